The van der Waals surface area contributed by atoms with Crippen LogP contribution in [0.4, 0.5) is 4.39 Å². The Kier molecular flexibility index (Phi) is 4.79. The van der Waals surface area contributed by atoms with Gasteiger partial charge >= 0.3 is 0 Å². The molecule has 30 heavy (non-hydrogen) atoms. The number of rotatable bonds is 4. The Labute approximate surface area is 174 Å². The minimum Gasteiger partial charge on any atom is -0.366 e. The van der Waals surface area contributed by atoms with Gasteiger partial charge in [0.05, 0.1) is 11.3 Å². The van der Waals surface area contributed by atoms with E-state index in [-0.39, 0.29) is 5.56 Å². The van der Waals surface area contributed by atoms with Gasteiger partial charge in [0.25, 0.3) is 5.91 Å². The zero-order valence-electron chi connectivity index (χ0n) is 16.9. The van der Waals surface area contributed by atoms with Crippen LogP contribution in [-0.2, 0) is 6.54 Å². The van der Waals surface area contributed by atoms with Crippen LogP contribution in [0.25, 0.3) is 16.6 Å². The fraction of sp³-hybridized carbons (Fsp3) is 0.391. The number of hydrogen-bond donors (Lipinski definition) is 2. The summed E-state index contributed by atoms with van der Waals surface area (Å²) < 4.78 is 15.5. The number of nitrogens with one attached hydrogen (secondary N) is 1. The lowest BCUT2D eigenvalue weighted by atomic mass is 9.80. The van der Waals surface area contributed by atoms with Crippen LogP contribution in [-0.4, -0.2) is 46.8 Å². The van der Waals surface area contributed by atoms with Crippen molar-refractivity contribution in [3.05, 3.63) is 59.5 Å². The molecular formula is C23H26FN5O. The molecule has 7 heteroatoms. The molecule has 2 fully saturated rings. The van der Waals surface area contributed by atoms with Gasteiger partial charge in [0, 0.05) is 31.2 Å². The zero-order valence-corrected chi connectivity index (χ0v) is 16.9. The SMILES string of the molecule is NC(=O)c1cc(F)cc2cn(-c3ccc(CN4CCC5(CCCNC5)C4)cc3)nc12. The number of primary amides is 1. The molecule has 1 unspecified atom stereocenters. The highest BCUT2D eigenvalue weighted by molar-refractivity contribution is 6.04. The van der Waals surface area contributed by atoms with Crippen LogP contribution < -0.4 is 11.1 Å². The molecule has 156 valence electrons. The van der Waals surface area contributed by atoms with Crippen LogP contribution in [0.3, 0.4) is 0 Å². The summed E-state index contributed by atoms with van der Waals surface area (Å²) in [4.78, 5) is 14.2. The first kappa shape index (κ1) is 19.2. The lowest BCUT2D eigenvalue weighted by Crippen LogP contribution is -2.41. The molecule has 2 saturated heterocycles. The average Bonchev–Trinajstić information content (AvgIpc) is 3.32. The molecule has 2 aromatic carbocycles. The van der Waals surface area contributed by atoms with Crippen LogP contribution in [0.2, 0.25) is 0 Å². The van der Waals surface area contributed by atoms with Crippen LogP contribution >= 0.6 is 0 Å². The van der Waals surface area contributed by atoms with E-state index < -0.39 is 11.7 Å². The molecule has 3 N–H and O–H groups in total. The Bertz CT molecular complexity index is 1080. The summed E-state index contributed by atoms with van der Waals surface area (Å²) in [5, 5.41) is 8.58. The van der Waals surface area contributed by atoms with Crippen molar-refractivity contribution < 1.29 is 9.18 Å². The van der Waals surface area contributed by atoms with Gasteiger partial charge in [-0.2, -0.15) is 5.10 Å². The number of nitrogens with zero attached hydrogens (tertiary/aromatic N) is 3. The van der Waals surface area contributed by atoms with Crippen molar-refractivity contribution in [1.82, 2.24) is 20.0 Å². The van der Waals surface area contributed by atoms with Crippen LogP contribution in [0.1, 0.15) is 35.2 Å². The Morgan fingerprint density at radius 1 is 1.23 bits per heavy atom. The van der Waals surface area contributed by atoms with E-state index in [1.165, 1.54) is 30.9 Å². The number of hydrogen-bond acceptors (Lipinski definition) is 4. The topological polar surface area (TPSA) is 76.2 Å². The number of halogens is 1. The maximum Gasteiger partial charge on any atom is 0.251 e. The van der Waals surface area contributed by atoms with Crippen molar-refractivity contribution in [2.45, 2.75) is 25.8 Å². The fourth-order valence-corrected chi connectivity index (χ4v) is 4.97. The molecular weight excluding hydrogens is 381 g/mol. The van der Waals surface area contributed by atoms with Crippen molar-refractivity contribution in [1.29, 1.82) is 0 Å². The average molecular weight is 407 g/mol. The molecule has 0 aliphatic carbocycles. The maximum absolute atomic E-state index is 13.8. The van der Waals surface area contributed by atoms with E-state index in [0.717, 1.165) is 44.5 Å². The molecule has 0 bridgehead atoms. The standard InChI is InChI=1S/C23H26FN5O/c24-18-10-17-13-29(27-21(17)20(11-18)22(25)30)19-4-2-16(3-5-19)12-28-9-7-23(15-28)6-1-8-26-14-23/h2-5,10-11,13,26H,1,6-9,12,14-15H2,(H2,25,30). The van der Waals surface area contributed by atoms with Gasteiger partial charge < -0.3 is 11.1 Å². The minimum atomic E-state index is -0.684. The number of benzene rings is 2. The van der Waals surface area contributed by atoms with Gasteiger partial charge in [0.15, 0.2) is 0 Å². The van der Waals surface area contributed by atoms with Crippen molar-refractivity contribution >= 4 is 16.8 Å². The molecule has 1 aromatic heterocycles. The highest BCUT2D eigenvalue weighted by Gasteiger charge is 2.38. The maximum atomic E-state index is 13.8. The molecule has 3 aromatic rings. The largest absolute Gasteiger partial charge is 0.366 e. The predicted molar refractivity (Wildman–Crippen MR) is 114 cm³/mol. The first-order valence-electron chi connectivity index (χ1n) is 10.5. The Balaban J connectivity index is 1.33. The Hall–Kier alpha value is -2.77. The summed E-state index contributed by atoms with van der Waals surface area (Å²) in [5.41, 5.74) is 8.48. The van der Waals surface area contributed by atoms with Gasteiger partial charge in [-0.1, -0.05) is 12.1 Å². The highest BCUT2D eigenvalue weighted by atomic mass is 19.1. The van der Waals surface area contributed by atoms with Crippen LogP contribution in [0.15, 0.2) is 42.6 Å². The normalized spacial score (nSPS) is 22.2. The fourth-order valence-electron chi connectivity index (χ4n) is 4.97. The van der Waals surface area contributed by atoms with Gasteiger partial charge in [0.2, 0.25) is 0 Å². The number of amides is 1. The van der Waals surface area contributed by atoms with Crippen LogP contribution in [0, 0.1) is 11.2 Å². The summed E-state index contributed by atoms with van der Waals surface area (Å²) in [5.74, 6) is -1.18. The third-order valence-electron chi connectivity index (χ3n) is 6.52. The van der Waals surface area contributed by atoms with Gasteiger partial charge in [-0.3, -0.25) is 9.69 Å². The minimum absolute atomic E-state index is 0.0977. The summed E-state index contributed by atoms with van der Waals surface area (Å²) in [6.07, 6.45) is 5.61. The molecule has 1 amide bonds. The Morgan fingerprint density at radius 3 is 2.80 bits per heavy atom. The molecule has 1 spiro atoms. The first-order chi connectivity index (χ1) is 14.5. The number of carbonyl (C=O) groups excluding carboxylic acids is 1. The van der Waals surface area contributed by atoms with E-state index >= 15 is 0 Å². The Morgan fingerprint density at radius 2 is 2.07 bits per heavy atom. The van der Waals surface area contributed by atoms with E-state index in [2.05, 4.69) is 27.4 Å². The van der Waals surface area contributed by atoms with Crippen LogP contribution in [0.5, 0.6) is 0 Å². The van der Waals surface area contributed by atoms with E-state index in [0.29, 0.717) is 16.3 Å². The van der Waals surface area contributed by atoms with Gasteiger partial charge in [-0.25, -0.2) is 9.07 Å². The van der Waals surface area contributed by atoms with Crippen molar-refractivity contribution in [3.63, 3.8) is 0 Å². The second-order valence-corrected chi connectivity index (χ2v) is 8.74. The number of likely N-dealkylation sites (tertiary alicyclic amines) is 1. The molecule has 0 saturated carbocycles. The van der Waals surface area contributed by atoms with Gasteiger partial charge in [0.1, 0.15) is 11.3 Å². The number of carbonyl (C=O) groups is 1. The second-order valence-electron chi connectivity index (χ2n) is 8.74. The summed E-state index contributed by atoms with van der Waals surface area (Å²) in [7, 11) is 0. The second kappa shape index (κ2) is 7.49. The molecule has 5 rings (SSSR count). The molecule has 2 aliphatic heterocycles. The third kappa shape index (κ3) is 3.59. The van der Waals surface area contributed by atoms with Crippen molar-refractivity contribution in [2.24, 2.45) is 11.1 Å². The lowest BCUT2D eigenvalue weighted by molar-refractivity contribution is 0.100. The quantitative estimate of drug-likeness (QED) is 0.697. The zero-order chi connectivity index (χ0) is 20.7. The summed E-state index contributed by atoms with van der Waals surface area (Å²) >= 11 is 0. The first-order valence-corrected chi connectivity index (χ1v) is 10.5. The smallest absolute Gasteiger partial charge is 0.251 e. The number of nitrogens with two attached hydrogens (primary N) is 1. The monoisotopic (exact) mass is 407 g/mol. The van der Waals surface area contributed by atoms with Crippen molar-refractivity contribution in [3.8, 4) is 5.69 Å². The predicted octanol–water partition coefficient (Wildman–Crippen LogP) is 2.84. The van der Waals surface area contributed by atoms with Gasteiger partial charge in [-0.15, -0.1) is 0 Å². The van der Waals surface area contributed by atoms with Gasteiger partial charge in [-0.05, 0) is 67.6 Å². The molecule has 2 aliphatic rings. The summed E-state index contributed by atoms with van der Waals surface area (Å²) in [6, 6.07) is 10.7. The number of piperidine rings is 1. The third-order valence-corrected chi connectivity index (χ3v) is 6.52. The summed E-state index contributed by atoms with van der Waals surface area (Å²) in [6.45, 7) is 5.55. The van der Waals surface area contributed by atoms with E-state index in [4.69, 9.17) is 5.73 Å². The lowest BCUT2D eigenvalue weighted by Gasteiger charge is -2.34. The highest BCUT2D eigenvalue weighted by Crippen LogP contribution is 2.37. The molecule has 3 heterocycles. The molecule has 1 atom stereocenters. The molecule has 0 radical (unpaired) electrons. The van der Waals surface area contributed by atoms with E-state index in [9.17, 15) is 9.18 Å². The molecule has 6 nitrogen and oxygen atoms in total. The van der Waals surface area contributed by atoms with Crippen molar-refractivity contribution in [2.75, 3.05) is 26.2 Å². The number of aromatic nitrogens is 2. The number of fused-ring (bicyclic) bond motifs is 1. The van der Waals surface area contributed by atoms with E-state index in [1.54, 1.807) is 10.9 Å². The van der Waals surface area contributed by atoms with E-state index in [1.807, 2.05) is 12.1 Å².